The molecule has 3 N–H and O–H groups in total. The molecule has 2 aromatic heterocycles. The summed E-state index contributed by atoms with van der Waals surface area (Å²) in [5, 5.41) is 7.68. The van der Waals surface area contributed by atoms with Crippen molar-refractivity contribution in [3.8, 4) is 22.7 Å². The Morgan fingerprint density at radius 3 is 2.38 bits per heavy atom. The Balaban J connectivity index is 1.26. The lowest BCUT2D eigenvalue weighted by molar-refractivity contribution is -0.198. The molecule has 6 rings (SSSR count). The molecule has 4 heterocycles. The highest BCUT2D eigenvalue weighted by atomic mass is 19.4. The van der Waals surface area contributed by atoms with Crippen molar-refractivity contribution in [2.45, 2.75) is 71.2 Å². The molecule has 2 aliphatic rings. The molecule has 0 amide bonds. The minimum absolute atomic E-state index is 0.0948. The van der Waals surface area contributed by atoms with Crippen molar-refractivity contribution < 1.29 is 37.0 Å². The Morgan fingerprint density at radius 2 is 1.72 bits per heavy atom. The number of anilines is 2. The number of hydrogen-bond donors (Lipinski definition) is 2. The zero-order valence-corrected chi connectivity index (χ0v) is 30.0. The molecule has 2 atom stereocenters. The van der Waals surface area contributed by atoms with Gasteiger partial charge in [-0.05, 0) is 86.8 Å². The molecule has 15 heteroatoms. The van der Waals surface area contributed by atoms with Crippen molar-refractivity contribution in [1.82, 2.24) is 25.1 Å². The van der Waals surface area contributed by atoms with E-state index < -0.39 is 12.3 Å². The molecule has 282 valence electrons. The number of aromatic nitrogens is 4. The van der Waals surface area contributed by atoms with Crippen LogP contribution in [0.15, 0.2) is 60.8 Å². The molecule has 0 aliphatic carbocycles. The van der Waals surface area contributed by atoms with Gasteiger partial charge in [0.25, 0.3) is 0 Å². The Kier molecular flexibility index (Phi) is 11.2. The second-order valence-corrected chi connectivity index (χ2v) is 13.5. The summed E-state index contributed by atoms with van der Waals surface area (Å²) >= 11 is 0. The summed E-state index contributed by atoms with van der Waals surface area (Å²) in [7, 11) is 0. The second-order valence-electron chi connectivity index (χ2n) is 13.5. The molecule has 2 fully saturated rings. The molecule has 53 heavy (non-hydrogen) atoms. The average molecular weight is 736 g/mol. The molecular weight excluding hydrogens is 691 g/mol. The zero-order valence-electron chi connectivity index (χ0n) is 30.0. The minimum Gasteiger partial charge on any atom is -0.466 e. The number of aryl methyl sites for hydroxylation is 2. The molecule has 1 unspecified atom stereocenters. The fourth-order valence-corrected chi connectivity index (χ4v) is 7.04. The van der Waals surface area contributed by atoms with E-state index in [1.165, 1.54) is 16.8 Å². The van der Waals surface area contributed by atoms with Crippen LogP contribution in [0.3, 0.4) is 0 Å². The van der Waals surface area contributed by atoms with Crippen LogP contribution in [0.2, 0.25) is 0 Å². The third kappa shape index (κ3) is 8.90. The van der Waals surface area contributed by atoms with Crippen molar-refractivity contribution in [3.63, 3.8) is 0 Å². The maximum atomic E-state index is 15.1. The molecule has 0 saturated carbocycles. The number of alkyl halides is 3. The molecule has 0 radical (unpaired) electrons. The summed E-state index contributed by atoms with van der Waals surface area (Å²) < 4.78 is 62.7. The number of nitrogens with one attached hydrogen (secondary N) is 1. The van der Waals surface area contributed by atoms with E-state index in [9.17, 15) is 9.59 Å². The highest BCUT2D eigenvalue weighted by molar-refractivity contribution is 5.76. The zero-order chi connectivity index (χ0) is 37.8. The van der Waals surface area contributed by atoms with Crippen LogP contribution in [0.25, 0.3) is 16.8 Å². The van der Waals surface area contributed by atoms with Crippen molar-refractivity contribution in [3.05, 3.63) is 77.6 Å². The Bertz CT molecular complexity index is 1910. The van der Waals surface area contributed by atoms with Gasteiger partial charge in [-0.15, -0.1) is 0 Å². The van der Waals surface area contributed by atoms with Crippen LogP contribution in [-0.2, 0) is 25.5 Å². The average Bonchev–Trinajstić information content (AvgIpc) is 3.76. The lowest BCUT2D eigenvalue weighted by atomic mass is 9.76. The topological polar surface area (TPSA) is 147 Å². The van der Waals surface area contributed by atoms with Crippen LogP contribution >= 0.6 is 0 Å². The quantitative estimate of drug-likeness (QED) is 0.168. The number of benzene rings is 2. The SMILES string of the molecule is CCOC(=O)CCc1ccc(-c2ccc(-n3ccc(C)n3)c([C@@H](Oc3cc(N4CCC5(CC4)CNC(C(=O)OCC)C5)nc(N)n3)C(F)(F)F)c2)cc1. The van der Waals surface area contributed by atoms with Crippen LogP contribution in [-0.4, -0.2) is 76.8 Å². The van der Waals surface area contributed by atoms with Gasteiger partial charge in [0.15, 0.2) is 0 Å². The number of ether oxygens (including phenoxy) is 3. The maximum absolute atomic E-state index is 15.1. The lowest BCUT2D eigenvalue weighted by Crippen LogP contribution is -2.41. The normalized spacial score (nSPS) is 17.5. The summed E-state index contributed by atoms with van der Waals surface area (Å²) in [4.78, 5) is 34.5. The van der Waals surface area contributed by atoms with E-state index in [2.05, 4.69) is 20.4 Å². The van der Waals surface area contributed by atoms with Gasteiger partial charge in [0, 0.05) is 43.9 Å². The summed E-state index contributed by atoms with van der Waals surface area (Å²) in [6.45, 7) is 7.69. The second kappa shape index (κ2) is 15.8. The van der Waals surface area contributed by atoms with Crippen LogP contribution in [0, 0.1) is 12.3 Å². The van der Waals surface area contributed by atoms with Crippen molar-refractivity contribution >= 4 is 23.7 Å². The first-order valence-electron chi connectivity index (χ1n) is 17.8. The first-order valence-corrected chi connectivity index (χ1v) is 17.8. The van der Waals surface area contributed by atoms with E-state index >= 15 is 13.2 Å². The maximum Gasteiger partial charge on any atom is 0.429 e. The number of carbonyl (C=O) groups excluding carboxylic acids is 2. The van der Waals surface area contributed by atoms with Gasteiger partial charge in [-0.3, -0.25) is 9.59 Å². The van der Waals surface area contributed by atoms with Crippen LogP contribution in [0.1, 0.15) is 62.5 Å². The van der Waals surface area contributed by atoms with Gasteiger partial charge in [-0.25, -0.2) is 4.68 Å². The van der Waals surface area contributed by atoms with Crippen molar-refractivity contribution in [2.24, 2.45) is 5.41 Å². The summed E-state index contributed by atoms with van der Waals surface area (Å²) in [6.07, 6.45) is -2.87. The number of halogens is 3. The largest absolute Gasteiger partial charge is 0.466 e. The number of nitrogens with two attached hydrogens (primary N) is 1. The van der Waals surface area contributed by atoms with E-state index in [-0.39, 0.29) is 52.9 Å². The highest BCUT2D eigenvalue weighted by Gasteiger charge is 2.46. The molecule has 4 aromatic rings. The van der Waals surface area contributed by atoms with E-state index in [4.69, 9.17) is 19.9 Å². The van der Waals surface area contributed by atoms with Gasteiger partial charge in [-0.2, -0.15) is 28.2 Å². The molecule has 2 aliphatic heterocycles. The van der Waals surface area contributed by atoms with Gasteiger partial charge >= 0.3 is 18.1 Å². The van der Waals surface area contributed by atoms with Crippen LogP contribution < -0.4 is 20.7 Å². The van der Waals surface area contributed by atoms with Gasteiger partial charge in [-0.1, -0.05) is 30.3 Å². The highest BCUT2D eigenvalue weighted by Crippen LogP contribution is 2.43. The van der Waals surface area contributed by atoms with E-state index in [1.807, 2.05) is 17.0 Å². The fraction of sp³-hybridized carbons (Fsp3) is 0.447. The Labute approximate surface area is 305 Å². The van der Waals surface area contributed by atoms with Crippen molar-refractivity contribution in [1.29, 1.82) is 0 Å². The van der Waals surface area contributed by atoms with Gasteiger partial charge in [0.05, 0.1) is 24.6 Å². The summed E-state index contributed by atoms with van der Waals surface area (Å²) in [5.41, 5.74) is 8.71. The third-order valence-electron chi connectivity index (χ3n) is 9.81. The minimum atomic E-state index is -4.87. The first-order chi connectivity index (χ1) is 25.4. The first kappa shape index (κ1) is 37.6. The van der Waals surface area contributed by atoms with E-state index in [0.29, 0.717) is 68.3 Å². The number of rotatable bonds is 12. The molecule has 12 nitrogen and oxygen atoms in total. The van der Waals surface area contributed by atoms with Crippen LogP contribution in [0.5, 0.6) is 5.88 Å². The molecule has 2 saturated heterocycles. The van der Waals surface area contributed by atoms with Gasteiger partial charge in [0.2, 0.25) is 17.9 Å². The third-order valence-corrected chi connectivity index (χ3v) is 9.81. The standard InChI is InChI=1S/C38H44F3N7O5/c1-4-51-33(49)13-8-25-6-9-26(10-7-25)27-11-12-30(48-17-14-24(3)46-48)28(20-27)34(38(39,40)41)53-32-21-31(44-36(42)45-32)47-18-15-37(16-19-47)22-29(43-23-37)35(50)52-5-2/h6-7,9-12,14,17,20-21,29,34,43H,4-5,8,13,15-16,18-19,22-23H2,1-3H3,(H2,42,44,45)/t29?,34-/m1/s1. The Hall–Kier alpha value is -5.18. The molecule has 2 aromatic carbocycles. The monoisotopic (exact) mass is 735 g/mol. The summed E-state index contributed by atoms with van der Waals surface area (Å²) in [5.74, 6) is -0.732. The lowest BCUT2D eigenvalue weighted by Gasteiger charge is -2.39. The van der Waals surface area contributed by atoms with Gasteiger partial charge < -0.3 is 30.2 Å². The van der Waals surface area contributed by atoms with Gasteiger partial charge in [0.1, 0.15) is 11.9 Å². The van der Waals surface area contributed by atoms with Crippen LogP contribution in [0.4, 0.5) is 24.9 Å². The number of nitrogens with zero attached hydrogens (tertiary/aromatic N) is 5. The molecule has 0 bridgehead atoms. The van der Waals surface area contributed by atoms with E-state index in [1.54, 1.807) is 57.3 Å². The fourth-order valence-electron chi connectivity index (χ4n) is 7.04. The molecular formula is C38H44F3N7O5. The summed E-state index contributed by atoms with van der Waals surface area (Å²) in [6, 6.07) is 14.8. The Morgan fingerprint density at radius 1 is 1.00 bits per heavy atom. The number of esters is 2. The number of carbonyl (C=O) groups is 2. The van der Waals surface area contributed by atoms with E-state index in [0.717, 1.165) is 18.4 Å². The number of nitrogen functional groups attached to an aromatic ring is 1. The number of piperidine rings is 1. The predicted octanol–water partition coefficient (Wildman–Crippen LogP) is 5.91. The van der Waals surface area contributed by atoms with Crippen molar-refractivity contribution in [2.75, 3.05) is 43.5 Å². The smallest absolute Gasteiger partial charge is 0.429 e. The predicted molar refractivity (Wildman–Crippen MR) is 191 cm³/mol. The number of hydrogen-bond acceptors (Lipinski definition) is 11. The molecule has 1 spiro atoms.